The van der Waals surface area contributed by atoms with Gasteiger partial charge in [-0.25, -0.2) is 0 Å². The summed E-state index contributed by atoms with van der Waals surface area (Å²) in [5, 5.41) is 5.83. The number of fused-ring (bicyclic) bond motifs is 6. The minimum Gasteiger partial charge on any atom is -0.347 e. The molecule has 0 saturated carbocycles. The third-order valence-electron chi connectivity index (χ3n) is 12.3. The zero-order chi connectivity index (χ0) is 33.5. The standard InChI is InChI=1S/C44H53N2/c1-15-34(16-18-35-21-38-41-30(9)25(4)24(3)28(7)37(41)20-23(2)43(38)45(35)13)17-19-36-22-39-42-31(10)27(6)26(5)29(8)40(42)32(11)33(12)44(39)46(36)14/h16-20H,15,21-22H2,1-14H3/q+1. The molecule has 0 atom stereocenters. The molecule has 0 amide bonds. The van der Waals surface area contributed by atoms with E-state index >= 15 is 0 Å². The number of allylic oxidation sites excluding steroid dienone is 6. The number of likely N-dealkylation sites (N-methyl/N-ethyl adjacent to an activating group) is 1. The largest absolute Gasteiger partial charge is 0.347 e. The molecular formula is C44H53N2+. The number of hydrogen-bond donors (Lipinski definition) is 0. The van der Waals surface area contributed by atoms with E-state index in [4.69, 9.17) is 0 Å². The highest BCUT2D eigenvalue weighted by Gasteiger charge is 2.32. The highest BCUT2D eigenvalue weighted by molar-refractivity contribution is 6.05. The normalized spacial score (nSPS) is 15.9. The van der Waals surface area contributed by atoms with Gasteiger partial charge >= 0.3 is 0 Å². The van der Waals surface area contributed by atoms with E-state index in [0.29, 0.717) is 0 Å². The van der Waals surface area contributed by atoms with Crippen LogP contribution in [0.15, 0.2) is 41.6 Å². The lowest BCUT2D eigenvalue weighted by Crippen LogP contribution is -2.12. The maximum Gasteiger partial charge on any atom is 0.212 e. The average Bonchev–Trinajstić information content (AvgIpc) is 3.54. The Morgan fingerprint density at radius 2 is 1.26 bits per heavy atom. The molecule has 0 saturated heterocycles. The SMILES string of the molecule is CCC(C=CC1=[N+](C)c2c(C)cc3c(C)c(C)c(C)c(C)c3c2C1)=CC=C1Cc2c(c(C)c(C)c3c(C)c(C)c(C)c(C)c23)N1C. The van der Waals surface area contributed by atoms with Gasteiger partial charge in [-0.05, 0) is 183 Å². The van der Waals surface area contributed by atoms with Crippen molar-refractivity contribution in [3.05, 3.63) is 114 Å². The highest BCUT2D eigenvalue weighted by atomic mass is 15.1. The summed E-state index contributed by atoms with van der Waals surface area (Å²) in [7, 11) is 4.51. The fourth-order valence-electron chi connectivity index (χ4n) is 8.61. The monoisotopic (exact) mass is 609 g/mol. The predicted molar refractivity (Wildman–Crippen MR) is 202 cm³/mol. The van der Waals surface area contributed by atoms with Gasteiger partial charge in [-0.1, -0.05) is 19.1 Å². The number of nitrogens with zero attached hydrogens (tertiary/aromatic N) is 2. The van der Waals surface area contributed by atoms with Gasteiger partial charge in [-0.2, -0.15) is 4.58 Å². The Hall–Kier alpha value is -3.91. The number of anilines is 1. The predicted octanol–water partition coefficient (Wildman–Crippen LogP) is 11.1. The van der Waals surface area contributed by atoms with Crippen LogP contribution < -0.4 is 4.90 Å². The summed E-state index contributed by atoms with van der Waals surface area (Å²) >= 11 is 0. The molecule has 0 unspecified atom stereocenters. The lowest BCUT2D eigenvalue weighted by molar-refractivity contribution is -0.401. The Morgan fingerprint density at radius 1 is 0.696 bits per heavy atom. The maximum atomic E-state index is 2.45. The van der Waals surface area contributed by atoms with Gasteiger partial charge in [-0.3, -0.25) is 0 Å². The summed E-state index contributed by atoms with van der Waals surface area (Å²) in [6.45, 7) is 27.6. The Balaban J connectivity index is 1.36. The number of hydrogen-bond acceptors (Lipinski definition) is 1. The fraction of sp³-hybridized carbons (Fsp3) is 0.386. The van der Waals surface area contributed by atoms with Crippen molar-refractivity contribution in [3.8, 4) is 0 Å². The first-order chi connectivity index (χ1) is 21.7. The lowest BCUT2D eigenvalue weighted by Gasteiger charge is -2.23. The molecule has 4 aromatic rings. The first kappa shape index (κ1) is 32.0. The molecule has 2 heterocycles. The topological polar surface area (TPSA) is 6.25 Å². The van der Waals surface area contributed by atoms with Crippen LogP contribution in [0.25, 0.3) is 21.5 Å². The van der Waals surface area contributed by atoms with Crippen LogP contribution >= 0.6 is 0 Å². The molecule has 0 radical (unpaired) electrons. The molecule has 0 spiro atoms. The zero-order valence-electron chi connectivity index (χ0n) is 30.9. The smallest absolute Gasteiger partial charge is 0.212 e. The minimum atomic E-state index is 0.975. The van der Waals surface area contributed by atoms with Gasteiger partial charge in [0, 0.05) is 42.1 Å². The van der Waals surface area contributed by atoms with Gasteiger partial charge in [0.25, 0.3) is 0 Å². The quantitative estimate of drug-likeness (QED) is 0.165. The van der Waals surface area contributed by atoms with Gasteiger partial charge in [-0.15, -0.1) is 0 Å². The summed E-state index contributed by atoms with van der Waals surface area (Å²) < 4.78 is 2.43. The van der Waals surface area contributed by atoms with Crippen LogP contribution in [0, 0.1) is 76.2 Å². The Labute approximate surface area is 277 Å². The molecule has 0 bridgehead atoms. The molecular weight excluding hydrogens is 556 g/mol. The average molecular weight is 610 g/mol. The van der Waals surface area contributed by atoms with Crippen LogP contribution in [-0.4, -0.2) is 24.4 Å². The fourth-order valence-corrected chi connectivity index (χ4v) is 8.61. The molecule has 2 nitrogen and oxygen atoms in total. The van der Waals surface area contributed by atoms with Crippen molar-refractivity contribution in [1.82, 2.24) is 0 Å². The Kier molecular flexibility index (Phi) is 7.95. The van der Waals surface area contributed by atoms with Gasteiger partial charge in [0.1, 0.15) is 7.05 Å². The first-order valence-corrected chi connectivity index (χ1v) is 17.2. The number of aryl methyl sites for hydroxylation is 6. The van der Waals surface area contributed by atoms with Crippen LogP contribution in [0.1, 0.15) is 85.7 Å². The molecule has 2 aliphatic rings. The van der Waals surface area contributed by atoms with E-state index in [9.17, 15) is 0 Å². The van der Waals surface area contributed by atoms with Crippen LogP contribution in [0.3, 0.4) is 0 Å². The minimum absolute atomic E-state index is 0.975. The molecule has 238 valence electrons. The molecule has 4 aromatic carbocycles. The molecule has 46 heavy (non-hydrogen) atoms. The van der Waals surface area contributed by atoms with Gasteiger partial charge < -0.3 is 4.90 Å². The van der Waals surface area contributed by atoms with Gasteiger partial charge in [0.05, 0.1) is 6.42 Å². The van der Waals surface area contributed by atoms with Gasteiger partial charge in [0.2, 0.25) is 5.69 Å². The van der Waals surface area contributed by atoms with Gasteiger partial charge in [0.15, 0.2) is 5.71 Å². The second kappa shape index (κ2) is 11.4. The van der Waals surface area contributed by atoms with Crippen molar-refractivity contribution >= 4 is 38.6 Å². The van der Waals surface area contributed by atoms with E-state index < -0.39 is 0 Å². The Bertz CT molecular complexity index is 2140. The lowest BCUT2D eigenvalue weighted by atomic mass is 9.84. The second-order valence-corrected chi connectivity index (χ2v) is 14.3. The van der Waals surface area contributed by atoms with E-state index in [-0.39, 0.29) is 0 Å². The van der Waals surface area contributed by atoms with Crippen molar-refractivity contribution in [2.24, 2.45) is 0 Å². The zero-order valence-corrected chi connectivity index (χ0v) is 30.9. The van der Waals surface area contributed by atoms with Crippen molar-refractivity contribution in [2.75, 3.05) is 19.0 Å². The van der Waals surface area contributed by atoms with E-state index in [1.165, 1.54) is 122 Å². The highest BCUT2D eigenvalue weighted by Crippen LogP contribution is 2.46. The summed E-state index contributed by atoms with van der Waals surface area (Å²) in [5.41, 5.74) is 25.6. The van der Waals surface area contributed by atoms with Crippen LogP contribution in [-0.2, 0) is 12.8 Å². The maximum absolute atomic E-state index is 2.45. The third-order valence-corrected chi connectivity index (χ3v) is 12.3. The van der Waals surface area contributed by atoms with Crippen molar-refractivity contribution in [3.63, 3.8) is 0 Å². The molecule has 0 aromatic heterocycles. The van der Waals surface area contributed by atoms with E-state index in [1.54, 1.807) is 0 Å². The second-order valence-electron chi connectivity index (χ2n) is 14.3. The van der Waals surface area contributed by atoms with Crippen LogP contribution in [0.2, 0.25) is 0 Å². The summed E-state index contributed by atoms with van der Waals surface area (Å²) in [4.78, 5) is 2.45. The van der Waals surface area contributed by atoms with Crippen LogP contribution in [0.4, 0.5) is 11.4 Å². The molecule has 0 N–H and O–H groups in total. The van der Waals surface area contributed by atoms with E-state index in [0.717, 1.165) is 19.3 Å². The van der Waals surface area contributed by atoms with E-state index in [1.807, 2.05) is 0 Å². The summed E-state index contributed by atoms with van der Waals surface area (Å²) in [5.74, 6) is 0. The molecule has 0 aliphatic carbocycles. The first-order valence-electron chi connectivity index (χ1n) is 17.2. The third kappa shape index (κ3) is 4.55. The van der Waals surface area contributed by atoms with E-state index in [2.05, 4.69) is 137 Å². The van der Waals surface area contributed by atoms with Crippen molar-refractivity contribution < 1.29 is 4.58 Å². The molecule has 2 heteroatoms. The molecule has 0 fully saturated rings. The number of rotatable bonds is 4. The molecule has 2 aliphatic heterocycles. The Morgan fingerprint density at radius 3 is 1.89 bits per heavy atom. The van der Waals surface area contributed by atoms with Crippen molar-refractivity contribution in [2.45, 2.75) is 102 Å². The van der Waals surface area contributed by atoms with Crippen molar-refractivity contribution in [1.29, 1.82) is 0 Å². The van der Waals surface area contributed by atoms with Crippen LogP contribution in [0.5, 0.6) is 0 Å². The summed E-state index contributed by atoms with van der Waals surface area (Å²) in [6, 6.07) is 2.42. The molecule has 6 rings (SSSR count). The summed E-state index contributed by atoms with van der Waals surface area (Å²) in [6.07, 6.45) is 12.4. The number of benzene rings is 4.